The summed E-state index contributed by atoms with van der Waals surface area (Å²) in [6.07, 6.45) is 3.59. The first-order valence-corrected chi connectivity index (χ1v) is 6.97. The Morgan fingerprint density at radius 1 is 1.23 bits per heavy atom. The van der Waals surface area contributed by atoms with Crippen LogP contribution in [0.15, 0.2) is 48.8 Å². The number of aryl methyl sites for hydroxylation is 1. The van der Waals surface area contributed by atoms with Crippen LogP contribution in [-0.2, 0) is 6.54 Å². The smallest absolute Gasteiger partial charge is 0.224 e. The van der Waals surface area contributed by atoms with Crippen LogP contribution in [0.2, 0.25) is 0 Å². The summed E-state index contributed by atoms with van der Waals surface area (Å²) in [5.41, 5.74) is 2.05. The van der Waals surface area contributed by atoms with Crippen molar-refractivity contribution >= 4 is 5.95 Å². The van der Waals surface area contributed by atoms with Crippen LogP contribution >= 0.6 is 0 Å². The molecule has 0 aliphatic heterocycles. The molecule has 6 nitrogen and oxygen atoms in total. The summed E-state index contributed by atoms with van der Waals surface area (Å²) in [6.45, 7) is 2.57. The number of nitrogens with one attached hydrogen (secondary N) is 1. The first kappa shape index (κ1) is 14.1. The Balaban J connectivity index is 1.73. The molecule has 0 saturated heterocycles. The topological polar surface area (TPSA) is 64.9 Å². The van der Waals surface area contributed by atoms with Crippen molar-refractivity contribution in [2.24, 2.45) is 0 Å². The molecule has 22 heavy (non-hydrogen) atoms. The molecular formula is C16H17N5O. The normalized spacial score (nSPS) is 10.5. The molecule has 0 radical (unpaired) electrons. The van der Waals surface area contributed by atoms with Crippen molar-refractivity contribution in [1.29, 1.82) is 0 Å². The molecule has 0 aliphatic carbocycles. The van der Waals surface area contributed by atoms with E-state index in [0.29, 0.717) is 12.5 Å². The second-order valence-electron chi connectivity index (χ2n) is 4.85. The van der Waals surface area contributed by atoms with Gasteiger partial charge < -0.3 is 10.1 Å². The first-order chi connectivity index (χ1) is 10.7. The molecule has 3 rings (SSSR count). The molecular weight excluding hydrogens is 278 g/mol. The number of ether oxygens (including phenoxy) is 1. The van der Waals surface area contributed by atoms with Gasteiger partial charge in [0.2, 0.25) is 5.95 Å². The number of benzene rings is 1. The number of nitrogens with zero attached hydrogens (tertiary/aromatic N) is 4. The van der Waals surface area contributed by atoms with E-state index in [-0.39, 0.29) is 0 Å². The number of aromatic nitrogens is 4. The van der Waals surface area contributed by atoms with Crippen molar-refractivity contribution in [3.8, 4) is 11.6 Å². The zero-order valence-electron chi connectivity index (χ0n) is 12.5. The van der Waals surface area contributed by atoms with Gasteiger partial charge in [-0.3, -0.25) is 0 Å². The van der Waals surface area contributed by atoms with Gasteiger partial charge in [0.05, 0.1) is 12.8 Å². The maximum Gasteiger partial charge on any atom is 0.224 e. The van der Waals surface area contributed by atoms with Gasteiger partial charge in [0.25, 0.3) is 0 Å². The van der Waals surface area contributed by atoms with E-state index in [1.165, 1.54) is 0 Å². The molecule has 1 N–H and O–H groups in total. The van der Waals surface area contributed by atoms with Crippen LogP contribution in [0.25, 0.3) is 5.82 Å². The summed E-state index contributed by atoms with van der Waals surface area (Å²) in [5.74, 6) is 2.13. The lowest BCUT2D eigenvalue weighted by atomic mass is 10.2. The summed E-state index contributed by atoms with van der Waals surface area (Å²) >= 11 is 0. The summed E-state index contributed by atoms with van der Waals surface area (Å²) in [5, 5.41) is 7.56. The van der Waals surface area contributed by atoms with Crippen molar-refractivity contribution in [3.63, 3.8) is 0 Å². The summed E-state index contributed by atoms with van der Waals surface area (Å²) in [6, 6.07) is 11.6. The van der Waals surface area contributed by atoms with Crippen molar-refractivity contribution < 1.29 is 4.74 Å². The van der Waals surface area contributed by atoms with E-state index in [2.05, 4.69) is 20.4 Å². The van der Waals surface area contributed by atoms with Gasteiger partial charge in [0.1, 0.15) is 5.75 Å². The number of hydrogen-bond acceptors (Lipinski definition) is 5. The van der Waals surface area contributed by atoms with Crippen molar-refractivity contribution in [2.75, 3.05) is 12.4 Å². The second-order valence-corrected chi connectivity index (χ2v) is 4.85. The predicted molar refractivity (Wildman–Crippen MR) is 84.2 cm³/mol. The number of rotatable bonds is 5. The van der Waals surface area contributed by atoms with Gasteiger partial charge in [-0.25, -0.2) is 9.67 Å². The average molecular weight is 295 g/mol. The summed E-state index contributed by atoms with van der Waals surface area (Å²) < 4.78 is 6.95. The second kappa shape index (κ2) is 6.26. The highest BCUT2D eigenvalue weighted by atomic mass is 16.5. The third-order valence-electron chi connectivity index (χ3n) is 3.18. The van der Waals surface area contributed by atoms with E-state index in [1.807, 2.05) is 49.5 Å². The van der Waals surface area contributed by atoms with Gasteiger partial charge in [0, 0.05) is 25.0 Å². The Hall–Kier alpha value is -2.89. The molecule has 0 bridgehead atoms. The quantitative estimate of drug-likeness (QED) is 0.783. The zero-order valence-corrected chi connectivity index (χ0v) is 12.5. The van der Waals surface area contributed by atoms with Crippen LogP contribution in [0.3, 0.4) is 0 Å². The monoisotopic (exact) mass is 295 g/mol. The number of methoxy groups -OCH3 is 1. The van der Waals surface area contributed by atoms with E-state index in [9.17, 15) is 0 Å². The highest BCUT2D eigenvalue weighted by Crippen LogP contribution is 2.14. The molecule has 6 heteroatoms. The lowest BCUT2D eigenvalue weighted by Crippen LogP contribution is -2.06. The molecule has 0 saturated carbocycles. The van der Waals surface area contributed by atoms with E-state index < -0.39 is 0 Å². The van der Waals surface area contributed by atoms with Crippen LogP contribution < -0.4 is 10.1 Å². The fourth-order valence-corrected chi connectivity index (χ4v) is 2.07. The fourth-order valence-electron chi connectivity index (χ4n) is 2.07. The van der Waals surface area contributed by atoms with Gasteiger partial charge in [0.15, 0.2) is 5.82 Å². The largest absolute Gasteiger partial charge is 0.497 e. The number of hydrogen-bond donors (Lipinski definition) is 1. The summed E-state index contributed by atoms with van der Waals surface area (Å²) in [7, 11) is 1.66. The Morgan fingerprint density at radius 2 is 2.14 bits per heavy atom. The molecule has 0 spiro atoms. The molecule has 0 unspecified atom stereocenters. The van der Waals surface area contributed by atoms with Gasteiger partial charge in [-0.1, -0.05) is 12.1 Å². The highest BCUT2D eigenvalue weighted by molar-refractivity contribution is 5.35. The van der Waals surface area contributed by atoms with Crippen LogP contribution in [0.5, 0.6) is 5.75 Å². The minimum atomic E-state index is 0.563. The van der Waals surface area contributed by atoms with Crippen molar-refractivity contribution in [3.05, 3.63) is 60.0 Å². The summed E-state index contributed by atoms with van der Waals surface area (Å²) in [4.78, 5) is 8.70. The third-order valence-corrected chi connectivity index (χ3v) is 3.18. The highest BCUT2D eigenvalue weighted by Gasteiger charge is 2.03. The van der Waals surface area contributed by atoms with Gasteiger partial charge in [-0.15, -0.1) is 0 Å². The zero-order chi connectivity index (χ0) is 15.4. The third kappa shape index (κ3) is 3.22. The minimum absolute atomic E-state index is 0.563. The molecule has 0 aliphatic rings. The molecule has 0 amide bonds. The van der Waals surface area contributed by atoms with E-state index in [1.54, 1.807) is 18.0 Å². The Bertz CT molecular complexity index is 768. The lowest BCUT2D eigenvalue weighted by Gasteiger charge is -2.07. The molecule has 0 fully saturated rings. The maximum absolute atomic E-state index is 5.22. The molecule has 0 atom stereocenters. The first-order valence-electron chi connectivity index (χ1n) is 6.97. The van der Waals surface area contributed by atoms with Crippen molar-refractivity contribution in [1.82, 2.24) is 19.7 Å². The number of anilines is 1. The van der Waals surface area contributed by atoms with Crippen LogP contribution in [0.4, 0.5) is 5.95 Å². The molecule has 3 aromatic rings. The Labute approximate surface area is 128 Å². The van der Waals surface area contributed by atoms with Crippen LogP contribution in [0.1, 0.15) is 11.3 Å². The lowest BCUT2D eigenvalue weighted by molar-refractivity contribution is 0.414. The maximum atomic E-state index is 5.22. The van der Waals surface area contributed by atoms with E-state index in [0.717, 1.165) is 22.8 Å². The van der Waals surface area contributed by atoms with Crippen LogP contribution in [0, 0.1) is 6.92 Å². The van der Waals surface area contributed by atoms with Crippen molar-refractivity contribution in [2.45, 2.75) is 13.5 Å². The SMILES string of the molecule is COc1cccc(CNc2nccc(-n3ccc(C)n3)n2)c1. The van der Waals surface area contributed by atoms with E-state index in [4.69, 9.17) is 4.74 Å². The van der Waals surface area contributed by atoms with Crippen LogP contribution in [-0.4, -0.2) is 26.9 Å². The molecule has 112 valence electrons. The standard InChI is InChI=1S/C16H17N5O/c1-12-7-9-21(20-12)15-6-8-17-16(19-15)18-11-13-4-3-5-14(10-13)22-2/h3-10H,11H2,1-2H3,(H,17,18,19). The Morgan fingerprint density at radius 3 is 2.91 bits per heavy atom. The van der Waals surface area contributed by atoms with E-state index >= 15 is 0 Å². The van der Waals surface area contributed by atoms with Gasteiger partial charge in [-0.2, -0.15) is 10.1 Å². The molecule has 2 aromatic heterocycles. The minimum Gasteiger partial charge on any atom is -0.497 e. The Kier molecular flexibility index (Phi) is 4.00. The van der Waals surface area contributed by atoms with Gasteiger partial charge >= 0.3 is 0 Å². The fraction of sp³-hybridized carbons (Fsp3) is 0.188. The molecule has 2 heterocycles. The average Bonchev–Trinajstić information content (AvgIpc) is 3.00. The van der Waals surface area contributed by atoms with Gasteiger partial charge in [-0.05, 0) is 30.7 Å². The predicted octanol–water partition coefficient (Wildman–Crippen LogP) is 2.59. The molecule has 1 aromatic carbocycles.